The van der Waals surface area contributed by atoms with Crippen molar-refractivity contribution in [3.8, 4) is 5.75 Å². The summed E-state index contributed by atoms with van der Waals surface area (Å²) in [6, 6.07) is 18.9. The van der Waals surface area contributed by atoms with E-state index in [1.807, 2.05) is 19.2 Å². The number of rotatable bonds is 4. The van der Waals surface area contributed by atoms with Crippen molar-refractivity contribution in [2.75, 3.05) is 27.2 Å². The van der Waals surface area contributed by atoms with Crippen LogP contribution in [0.4, 0.5) is 0 Å². The molecule has 0 saturated carbocycles. The van der Waals surface area contributed by atoms with Gasteiger partial charge in [-0.05, 0) is 29.7 Å². The Hall–Kier alpha value is -1.76. The Morgan fingerprint density at radius 2 is 1.88 bits per heavy atom. The monoisotopic (exact) mass is 451 g/mol. The first kappa shape index (κ1) is 19.6. The van der Waals surface area contributed by atoms with Gasteiger partial charge in [-0.15, -0.1) is 24.0 Å². The third-order valence-corrected chi connectivity index (χ3v) is 4.58. The van der Waals surface area contributed by atoms with Gasteiger partial charge in [-0.25, -0.2) is 0 Å². The molecule has 1 aliphatic rings. The first-order chi connectivity index (χ1) is 11.8. The number of nitrogens with zero attached hydrogens (tertiary/aromatic N) is 2. The number of ether oxygens (including phenoxy) is 1. The van der Waals surface area contributed by atoms with Crippen molar-refractivity contribution in [1.82, 2.24) is 10.2 Å². The van der Waals surface area contributed by atoms with Gasteiger partial charge < -0.3 is 15.0 Å². The molecule has 0 spiro atoms. The molecule has 1 N–H and O–H groups in total. The standard InChI is InChI=1S/C20H25N3O.HI/c1-21-20(22-14-16-8-10-19(24-2)11-9-16)23-13-12-18(15-23)17-6-4-3-5-7-17;/h3-11,18H,12-15H2,1-2H3,(H,21,22);1H. The highest BCUT2D eigenvalue weighted by Crippen LogP contribution is 2.26. The van der Waals surface area contributed by atoms with Gasteiger partial charge >= 0.3 is 0 Å². The van der Waals surface area contributed by atoms with E-state index in [0.29, 0.717) is 5.92 Å². The molecule has 1 aliphatic heterocycles. The van der Waals surface area contributed by atoms with Gasteiger partial charge in [-0.1, -0.05) is 42.5 Å². The molecule has 1 heterocycles. The lowest BCUT2D eigenvalue weighted by Crippen LogP contribution is -2.39. The summed E-state index contributed by atoms with van der Waals surface area (Å²) >= 11 is 0. The normalized spacial score (nSPS) is 17.1. The van der Waals surface area contributed by atoms with Crippen LogP contribution >= 0.6 is 24.0 Å². The zero-order chi connectivity index (χ0) is 16.8. The highest BCUT2D eigenvalue weighted by Gasteiger charge is 2.25. The molecule has 0 radical (unpaired) electrons. The Balaban J connectivity index is 0.00000225. The first-order valence-corrected chi connectivity index (χ1v) is 8.43. The highest BCUT2D eigenvalue weighted by molar-refractivity contribution is 14.0. The van der Waals surface area contributed by atoms with Crippen LogP contribution in [-0.2, 0) is 6.54 Å². The largest absolute Gasteiger partial charge is 0.497 e. The minimum Gasteiger partial charge on any atom is -0.497 e. The van der Waals surface area contributed by atoms with Crippen molar-refractivity contribution in [2.24, 2.45) is 4.99 Å². The van der Waals surface area contributed by atoms with E-state index in [0.717, 1.165) is 31.3 Å². The van der Waals surface area contributed by atoms with Crippen LogP contribution in [0.5, 0.6) is 5.75 Å². The average Bonchev–Trinajstić information content (AvgIpc) is 3.13. The van der Waals surface area contributed by atoms with E-state index in [4.69, 9.17) is 4.74 Å². The zero-order valence-corrected chi connectivity index (χ0v) is 17.1. The summed E-state index contributed by atoms with van der Waals surface area (Å²) in [6.07, 6.45) is 1.17. The molecule has 0 amide bonds. The second-order valence-corrected chi connectivity index (χ2v) is 6.09. The minimum absolute atomic E-state index is 0. The van der Waals surface area contributed by atoms with Gasteiger partial charge in [-0.2, -0.15) is 0 Å². The van der Waals surface area contributed by atoms with Crippen LogP contribution < -0.4 is 10.1 Å². The van der Waals surface area contributed by atoms with Crippen LogP contribution in [0.2, 0.25) is 0 Å². The lowest BCUT2D eigenvalue weighted by atomic mass is 9.99. The van der Waals surface area contributed by atoms with Crippen LogP contribution in [0.3, 0.4) is 0 Å². The summed E-state index contributed by atoms with van der Waals surface area (Å²) < 4.78 is 5.20. The predicted octanol–water partition coefficient (Wildman–Crippen LogP) is 3.88. The number of likely N-dealkylation sites (tertiary alicyclic amines) is 1. The Kier molecular flexibility index (Phi) is 7.55. The van der Waals surface area contributed by atoms with Gasteiger partial charge in [0.1, 0.15) is 5.75 Å². The molecular formula is C20H26IN3O. The lowest BCUT2D eigenvalue weighted by Gasteiger charge is -2.22. The summed E-state index contributed by atoms with van der Waals surface area (Å²) in [5.41, 5.74) is 2.64. The molecule has 25 heavy (non-hydrogen) atoms. The van der Waals surface area contributed by atoms with Crippen LogP contribution in [0.1, 0.15) is 23.5 Å². The Morgan fingerprint density at radius 1 is 1.16 bits per heavy atom. The second-order valence-electron chi connectivity index (χ2n) is 6.09. The van der Waals surface area contributed by atoms with Crippen molar-refractivity contribution in [3.05, 3.63) is 65.7 Å². The minimum atomic E-state index is 0. The molecule has 3 rings (SSSR count). The highest BCUT2D eigenvalue weighted by atomic mass is 127. The quantitative estimate of drug-likeness (QED) is 0.436. The van der Waals surface area contributed by atoms with Gasteiger partial charge in [0.15, 0.2) is 5.96 Å². The van der Waals surface area contributed by atoms with Gasteiger partial charge in [0, 0.05) is 32.6 Å². The Labute approximate surface area is 167 Å². The van der Waals surface area contributed by atoms with E-state index in [-0.39, 0.29) is 24.0 Å². The molecule has 1 saturated heterocycles. The number of hydrogen-bond donors (Lipinski definition) is 1. The summed E-state index contributed by atoms with van der Waals surface area (Å²) in [5.74, 6) is 2.45. The van der Waals surface area contributed by atoms with E-state index in [1.54, 1.807) is 7.11 Å². The molecule has 134 valence electrons. The molecule has 0 aromatic heterocycles. The van der Waals surface area contributed by atoms with Crippen LogP contribution in [0.25, 0.3) is 0 Å². The van der Waals surface area contributed by atoms with E-state index >= 15 is 0 Å². The summed E-state index contributed by atoms with van der Waals surface area (Å²) in [7, 11) is 3.54. The maximum Gasteiger partial charge on any atom is 0.193 e. The molecule has 1 fully saturated rings. The Morgan fingerprint density at radius 3 is 2.52 bits per heavy atom. The van der Waals surface area contributed by atoms with Gasteiger partial charge in [-0.3, -0.25) is 4.99 Å². The van der Waals surface area contributed by atoms with Crippen molar-refractivity contribution >= 4 is 29.9 Å². The number of aliphatic imine (C=N–C) groups is 1. The molecule has 0 bridgehead atoms. The number of benzene rings is 2. The molecule has 1 unspecified atom stereocenters. The molecule has 1 atom stereocenters. The summed E-state index contributed by atoms with van der Waals surface area (Å²) in [6.45, 7) is 2.83. The van der Waals surface area contributed by atoms with E-state index in [2.05, 4.69) is 57.7 Å². The van der Waals surface area contributed by atoms with Gasteiger partial charge in [0.2, 0.25) is 0 Å². The second kappa shape index (κ2) is 9.65. The van der Waals surface area contributed by atoms with Crippen molar-refractivity contribution in [3.63, 3.8) is 0 Å². The Bertz CT molecular complexity index is 673. The lowest BCUT2D eigenvalue weighted by molar-refractivity contribution is 0.414. The van der Waals surface area contributed by atoms with E-state index < -0.39 is 0 Å². The first-order valence-electron chi connectivity index (χ1n) is 8.43. The van der Waals surface area contributed by atoms with Gasteiger partial charge in [0.05, 0.1) is 7.11 Å². The topological polar surface area (TPSA) is 36.9 Å². The van der Waals surface area contributed by atoms with E-state index in [1.165, 1.54) is 17.5 Å². The summed E-state index contributed by atoms with van der Waals surface area (Å²) in [4.78, 5) is 6.80. The van der Waals surface area contributed by atoms with Crippen LogP contribution in [0.15, 0.2) is 59.6 Å². The average molecular weight is 451 g/mol. The predicted molar refractivity (Wildman–Crippen MR) is 114 cm³/mol. The van der Waals surface area contributed by atoms with Gasteiger partial charge in [0.25, 0.3) is 0 Å². The van der Waals surface area contributed by atoms with Crippen molar-refractivity contribution in [2.45, 2.75) is 18.9 Å². The molecule has 2 aromatic carbocycles. The number of halogens is 1. The fourth-order valence-corrected chi connectivity index (χ4v) is 3.21. The molecule has 2 aromatic rings. The fraction of sp³-hybridized carbons (Fsp3) is 0.350. The summed E-state index contributed by atoms with van der Waals surface area (Å²) in [5, 5.41) is 3.47. The van der Waals surface area contributed by atoms with Crippen molar-refractivity contribution in [1.29, 1.82) is 0 Å². The van der Waals surface area contributed by atoms with Crippen LogP contribution in [0, 0.1) is 0 Å². The number of methoxy groups -OCH3 is 1. The maximum absolute atomic E-state index is 5.20. The molecular weight excluding hydrogens is 425 g/mol. The van der Waals surface area contributed by atoms with Crippen LogP contribution in [-0.4, -0.2) is 38.1 Å². The number of nitrogens with one attached hydrogen (secondary N) is 1. The number of hydrogen-bond acceptors (Lipinski definition) is 2. The third kappa shape index (κ3) is 5.11. The molecule has 4 nitrogen and oxygen atoms in total. The maximum atomic E-state index is 5.20. The van der Waals surface area contributed by atoms with Crippen molar-refractivity contribution < 1.29 is 4.74 Å². The zero-order valence-electron chi connectivity index (χ0n) is 14.8. The SMILES string of the molecule is CN=C(NCc1ccc(OC)cc1)N1CCC(c2ccccc2)C1.I. The van der Waals surface area contributed by atoms with E-state index in [9.17, 15) is 0 Å². The third-order valence-electron chi connectivity index (χ3n) is 4.58. The molecule has 0 aliphatic carbocycles. The fourth-order valence-electron chi connectivity index (χ4n) is 3.21. The number of guanidine groups is 1. The molecule has 5 heteroatoms. The smallest absolute Gasteiger partial charge is 0.193 e.